The molecule has 3 heteroatoms. The number of benzene rings is 1. The number of hydrogen-bond acceptors (Lipinski definition) is 3. The molecule has 2 atom stereocenters. The van der Waals surface area contributed by atoms with Crippen molar-refractivity contribution < 1.29 is 4.74 Å². The van der Waals surface area contributed by atoms with Crippen molar-refractivity contribution in [1.82, 2.24) is 0 Å². The summed E-state index contributed by atoms with van der Waals surface area (Å²) in [5, 5.41) is 0. The van der Waals surface area contributed by atoms with E-state index in [1.807, 2.05) is 12.1 Å². The van der Waals surface area contributed by atoms with Crippen LogP contribution in [0, 0.1) is 11.8 Å². The molecule has 0 saturated heterocycles. The van der Waals surface area contributed by atoms with Crippen LogP contribution in [0.3, 0.4) is 0 Å². The Kier molecular flexibility index (Phi) is 3.77. The van der Waals surface area contributed by atoms with E-state index in [9.17, 15) is 0 Å². The Balaban J connectivity index is 1.86. The van der Waals surface area contributed by atoms with E-state index in [1.54, 1.807) is 6.07 Å². The predicted octanol–water partition coefficient (Wildman–Crippen LogP) is 3.06. The van der Waals surface area contributed by atoms with E-state index in [4.69, 9.17) is 16.2 Å². The summed E-state index contributed by atoms with van der Waals surface area (Å²) >= 11 is 0. The second-order valence-corrected chi connectivity index (χ2v) is 5.24. The van der Waals surface area contributed by atoms with Gasteiger partial charge in [-0.3, -0.25) is 0 Å². The third kappa shape index (κ3) is 3.29. The van der Waals surface area contributed by atoms with Gasteiger partial charge in [0, 0.05) is 6.07 Å². The Morgan fingerprint density at radius 2 is 2.06 bits per heavy atom. The van der Waals surface area contributed by atoms with Gasteiger partial charge in [0.1, 0.15) is 5.75 Å². The van der Waals surface area contributed by atoms with E-state index in [0.29, 0.717) is 17.3 Å². The van der Waals surface area contributed by atoms with Gasteiger partial charge in [-0.2, -0.15) is 0 Å². The van der Waals surface area contributed by atoms with Gasteiger partial charge in [0.05, 0.1) is 18.0 Å². The van der Waals surface area contributed by atoms with Crippen molar-refractivity contribution in [3.63, 3.8) is 0 Å². The smallest absolute Gasteiger partial charge is 0.121 e. The first-order valence-corrected chi connectivity index (χ1v) is 6.43. The standard InChI is InChI=1S/C14H22N2O/c1-10-3-2-4-11(7-10)9-17-12-5-6-13(15)14(16)8-12/h5-6,8,10-11H,2-4,7,9,15-16H2,1H3. The van der Waals surface area contributed by atoms with Crippen LogP contribution in [0.4, 0.5) is 11.4 Å². The maximum Gasteiger partial charge on any atom is 0.121 e. The first-order valence-electron chi connectivity index (χ1n) is 6.43. The molecule has 2 unspecified atom stereocenters. The summed E-state index contributed by atoms with van der Waals surface area (Å²) in [5.74, 6) is 2.36. The molecule has 3 nitrogen and oxygen atoms in total. The number of nitrogens with two attached hydrogens (primary N) is 2. The molecule has 17 heavy (non-hydrogen) atoms. The monoisotopic (exact) mass is 234 g/mol. The molecule has 1 saturated carbocycles. The van der Waals surface area contributed by atoms with Gasteiger partial charge in [-0.25, -0.2) is 0 Å². The average Bonchev–Trinajstić information content (AvgIpc) is 2.31. The van der Waals surface area contributed by atoms with E-state index in [-0.39, 0.29) is 0 Å². The molecule has 0 aliphatic heterocycles. The second kappa shape index (κ2) is 5.30. The maximum absolute atomic E-state index is 5.79. The number of anilines is 2. The minimum atomic E-state index is 0.597. The molecule has 1 aliphatic carbocycles. The minimum absolute atomic E-state index is 0.597. The summed E-state index contributed by atoms with van der Waals surface area (Å²) in [6.45, 7) is 3.13. The van der Waals surface area contributed by atoms with Crippen molar-refractivity contribution in [3.05, 3.63) is 18.2 Å². The highest BCUT2D eigenvalue weighted by Crippen LogP contribution is 2.29. The van der Waals surface area contributed by atoms with Crippen LogP contribution < -0.4 is 16.2 Å². The van der Waals surface area contributed by atoms with E-state index >= 15 is 0 Å². The van der Waals surface area contributed by atoms with Crippen molar-refractivity contribution in [1.29, 1.82) is 0 Å². The molecular formula is C14H22N2O. The number of ether oxygens (including phenoxy) is 1. The van der Waals surface area contributed by atoms with Crippen LogP contribution in [-0.2, 0) is 0 Å². The van der Waals surface area contributed by atoms with Gasteiger partial charge in [-0.05, 0) is 36.8 Å². The van der Waals surface area contributed by atoms with Crippen LogP contribution in [0.1, 0.15) is 32.6 Å². The molecule has 2 rings (SSSR count). The van der Waals surface area contributed by atoms with Crippen molar-refractivity contribution in [2.24, 2.45) is 11.8 Å². The van der Waals surface area contributed by atoms with Gasteiger partial charge in [-0.15, -0.1) is 0 Å². The zero-order valence-electron chi connectivity index (χ0n) is 10.5. The molecule has 4 N–H and O–H groups in total. The second-order valence-electron chi connectivity index (χ2n) is 5.24. The molecule has 0 radical (unpaired) electrons. The van der Waals surface area contributed by atoms with E-state index < -0.39 is 0 Å². The molecule has 0 amide bonds. The predicted molar refractivity (Wildman–Crippen MR) is 71.9 cm³/mol. The molecule has 1 fully saturated rings. The number of hydrogen-bond donors (Lipinski definition) is 2. The Hall–Kier alpha value is -1.38. The van der Waals surface area contributed by atoms with Crippen LogP contribution in [-0.4, -0.2) is 6.61 Å². The average molecular weight is 234 g/mol. The fourth-order valence-electron chi connectivity index (χ4n) is 2.57. The molecule has 0 spiro atoms. The molecule has 0 aromatic heterocycles. The Labute approximate surface area is 103 Å². The first kappa shape index (κ1) is 12.1. The van der Waals surface area contributed by atoms with Gasteiger partial charge in [0.2, 0.25) is 0 Å². The molecule has 0 heterocycles. The summed E-state index contributed by atoms with van der Waals surface area (Å²) in [7, 11) is 0. The van der Waals surface area contributed by atoms with Gasteiger partial charge < -0.3 is 16.2 Å². The van der Waals surface area contributed by atoms with Gasteiger partial charge in [0.25, 0.3) is 0 Å². The van der Waals surface area contributed by atoms with Crippen LogP contribution in [0.15, 0.2) is 18.2 Å². The normalized spacial score (nSPS) is 24.5. The van der Waals surface area contributed by atoms with Crippen molar-refractivity contribution in [2.45, 2.75) is 32.6 Å². The summed E-state index contributed by atoms with van der Waals surface area (Å²) in [6.07, 6.45) is 5.27. The molecule has 1 aromatic carbocycles. The molecule has 1 aliphatic rings. The fourth-order valence-corrected chi connectivity index (χ4v) is 2.57. The van der Waals surface area contributed by atoms with Crippen LogP contribution in [0.5, 0.6) is 5.75 Å². The summed E-state index contributed by atoms with van der Waals surface area (Å²) in [4.78, 5) is 0. The highest BCUT2D eigenvalue weighted by Gasteiger charge is 2.19. The maximum atomic E-state index is 5.79. The summed E-state index contributed by atoms with van der Waals surface area (Å²) < 4.78 is 5.79. The topological polar surface area (TPSA) is 61.3 Å². The van der Waals surface area contributed by atoms with Crippen LogP contribution in [0.2, 0.25) is 0 Å². The lowest BCUT2D eigenvalue weighted by Crippen LogP contribution is -2.19. The van der Waals surface area contributed by atoms with Crippen LogP contribution >= 0.6 is 0 Å². The van der Waals surface area contributed by atoms with Crippen molar-refractivity contribution in [3.8, 4) is 5.75 Å². The van der Waals surface area contributed by atoms with E-state index in [0.717, 1.165) is 18.3 Å². The third-order valence-corrected chi connectivity index (χ3v) is 3.59. The minimum Gasteiger partial charge on any atom is -0.493 e. The van der Waals surface area contributed by atoms with Crippen LogP contribution in [0.25, 0.3) is 0 Å². The highest BCUT2D eigenvalue weighted by molar-refractivity contribution is 5.65. The molecule has 0 bridgehead atoms. The van der Waals surface area contributed by atoms with Gasteiger partial charge in [0.15, 0.2) is 0 Å². The Bertz CT molecular complexity index is 378. The number of rotatable bonds is 3. The quantitative estimate of drug-likeness (QED) is 0.790. The Morgan fingerprint density at radius 3 is 2.76 bits per heavy atom. The molecule has 1 aromatic rings. The summed E-state index contributed by atoms with van der Waals surface area (Å²) in [6, 6.07) is 5.49. The fraction of sp³-hybridized carbons (Fsp3) is 0.571. The third-order valence-electron chi connectivity index (χ3n) is 3.59. The largest absolute Gasteiger partial charge is 0.493 e. The summed E-state index contributed by atoms with van der Waals surface area (Å²) in [5.41, 5.74) is 12.6. The lowest BCUT2D eigenvalue weighted by Gasteiger charge is -2.26. The number of nitrogen functional groups attached to an aromatic ring is 2. The van der Waals surface area contributed by atoms with E-state index in [1.165, 1.54) is 25.7 Å². The zero-order valence-corrected chi connectivity index (χ0v) is 10.5. The van der Waals surface area contributed by atoms with Crippen molar-refractivity contribution >= 4 is 11.4 Å². The zero-order chi connectivity index (χ0) is 12.3. The van der Waals surface area contributed by atoms with Gasteiger partial charge >= 0.3 is 0 Å². The molecule has 94 valence electrons. The lowest BCUT2D eigenvalue weighted by molar-refractivity contribution is 0.182. The molecular weight excluding hydrogens is 212 g/mol. The Morgan fingerprint density at radius 1 is 1.24 bits per heavy atom. The SMILES string of the molecule is CC1CCCC(COc2ccc(N)c(N)c2)C1. The lowest BCUT2D eigenvalue weighted by atomic mass is 9.83. The first-order chi connectivity index (χ1) is 8.15. The van der Waals surface area contributed by atoms with Gasteiger partial charge in [-0.1, -0.05) is 19.8 Å². The van der Waals surface area contributed by atoms with E-state index in [2.05, 4.69) is 6.92 Å². The van der Waals surface area contributed by atoms with Crippen molar-refractivity contribution in [2.75, 3.05) is 18.1 Å². The highest BCUT2D eigenvalue weighted by atomic mass is 16.5.